The molecule has 0 bridgehead atoms. The Balaban J connectivity index is 2.06. The molecule has 0 amide bonds. The molecule has 2 aromatic carbocycles. The van der Waals surface area contributed by atoms with Crippen molar-refractivity contribution in [1.29, 1.82) is 0 Å². The Morgan fingerprint density at radius 2 is 1.92 bits per heavy atom. The first-order valence-corrected chi connectivity index (χ1v) is 7.02. The Kier molecular flexibility index (Phi) is 4.01. The first-order chi connectivity index (χ1) is 11.5. The molecule has 0 atom stereocenters. The largest absolute Gasteiger partial charge is 0.422 e. The molecular weight excluding hydrogens is 338 g/mol. The van der Waals surface area contributed by atoms with Gasteiger partial charge in [0.15, 0.2) is 0 Å². The highest BCUT2D eigenvalue weighted by molar-refractivity contribution is 6.31. The van der Waals surface area contributed by atoms with Crippen molar-refractivity contribution in [2.75, 3.05) is 0 Å². The maximum Gasteiger partial charge on any atom is 0.350 e. The topological polar surface area (TPSA) is 99.7 Å². The van der Waals surface area contributed by atoms with Crippen molar-refractivity contribution in [1.82, 2.24) is 0 Å². The highest BCUT2D eigenvalue weighted by Gasteiger charge is 2.23. The van der Waals surface area contributed by atoms with Gasteiger partial charge in [-0.05, 0) is 24.3 Å². The van der Waals surface area contributed by atoms with E-state index in [0.29, 0.717) is 5.39 Å². The van der Waals surface area contributed by atoms with Crippen LogP contribution in [0.15, 0.2) is 57.7 Å². The zero-order chi connectivity index (χ0) is 17.3. The summed E-state index contributed by atoms with van der Waals surface area (Å²) in [4.78, 5) is 34.2. The number of nitro groups is 1. The van der Waals surface area contributed by atoms with Gasteiger partial charge in [0.25, 0.3) is 5.69 Å². The number of esters is 1. The number of benzene rings is 2. The van der Waals surface area contributed by atoms with Crippen molar-refractivity contribution in [3.8, 4) is 5.75 Å². The quantitative estimate of drug-likeness (QED) is 0.311. The van der Waals surface area contributed by atoms with Gasteiger partial charge in [0, 0.05) is 11.1 Å². The average Bonchev–Trinajstić information content (AvgIpc) is 2.54. The smallest absolute Gasteiger partial charge is 0.350 e. The van der Waals surface area contributed by atoms with Gasteiger partial charge in [0.2, 0.25) is 0 Å². The molecule has 0 spiro atoms. The van der Waals surface area contributed by atoms with Gasteiger partial charge in [-0.15, -0.1) is 0 Å². The third-order valence-corrected chi connectivity index (χ3v) is 3.43. The van der Waals surface area contributed by atoms with E-state index in [1.165, 1.54) is 12.1 Å². The molecule has 0 aliphatic rings. The van der Waals surface area contributed by atoms with E-state index in [1.54, 1.807) is 24.3 Å². The van der Waals surface area contributed by atoms with Crippen LogP contribution < -0.4 is 10.4 Å². The first-order valence-electron chi connectivity index (χ1n) is 6.65. The zero-order valence-corrected chi connectivity index (χ0v) is 12.6. The van der Waals surface area contributed by atoms with Crippen LogP contribution in [0.5, 0.6) is 5.75 Å². The molecule has 0 fully saturated rings. The number of fused-ring (bicyclic) bond motifs is 1. The maximum atomic E-state index is 12.3. The van der Waals surface area contributed by atoms with Gasteiger partial charge >= 0.3 is 11.6 Å². The lowest BCUT2D eigenvalue weighted by Crippen LogP contribution is -2.12. The summed E-state index contributed by atoms with van der Waals surface area (Å²) in [6.07, 6.45) is 0. The molecule has 0 saturated heterocycles. The normalized spacial score (nSPS) is 10.5. The van der Waals surface area contributed by atoms with Gasteiger partial charge in [0.1, 0.15) is 16.9 Å². The number of rotatable bonds is 3. The number of carbonyl (C=O) groups is 1. The second-order valence-corrected chi connectivity index (χ2v) is 5.17. The highest BCUT2D eigenvalue weighted by atomic mass is 35.5. The van der Waals surface area contributed by atoms with E-state index in [1.807, 2.05) is 0 Å². The minimum absolute atomic E-state index is 0.0453. The first kappa shape index (κ1) is 15.7. The number of nitro benzene ring substituents is 1. The molecule has 120 valence electrons. The van der Waals surface area contributed by atoms with Gasteiger partial charge in [0.05, 0.1) is 16.4 Å². The molecule has 7 nitrogen and oxygen atoms in total. The molecule has 3 aromatic rings. The average molecular weight is 346 g/mol. The van der Waals surface area contributed by atoms with Gasteiger partial charge in [-0.25, -0.2) is 9.59 Å². The van der Waals surface area contributed by atoms with Crippen molar-refractivity contribution in [2.24, 2.45) is 0 Å². The lowest BCUT2D eigenvalue weighted by molar-refractivity contribution is -0.385. The third-order valence-electron chi connectivity index (χ3n) is 3.19. The summed E-state index contributed by atoms with van der Waals surface area (Å²) >= 11 is 5.71. The molecule has 0 radical (unpaired) electrons. The summed E-state index contributed by atoms with van der Waals surface area (Å²) in [6, 6.07) is 11.0. The Morgan fingerprint density at radius 1 is 1.17 bits per heavy atom. The van der Waals surface area contributed by atoms with Crippen molar-refractivity contribution in [3.05, 3.63) is 79.7 Å². The molecule has 0 aliphatic heterocycles. The molecular formula is C16H8ClNO6. The number of ether oxygens (including phenoxy) is 1. The molecule has 0 unspecified atom stereocenters. The Bertz CT molecular complexity index is 1030. The summed E-state index contributed by atoms with van der Waals surface area (Å²) < 4.78 is 10.2. The summed E-state index contributed by atoms with van der Waals surface area (Å²) in [7, 11) is 0. The second-order valence-electron chi connectivity index (χ2n) is 4.73. The van der Waals surface area contributed by atoms with Crippen LogP contribution in [0, 0.1) is 10.1 Å². The zero-order valence-electron chi connectivity index (χ0n) is 11.9. The number of nitrogens with zero attached hydrogens (tertiary/aromatic N) is 1. The van der Waals surface area contributed by atoms with Crippen molar-refractivity contribution < 1.29 is 18.9 Å². The van der Waals surface area contributed by atoms with E-state index in [4.69, 9.17) is 20.8 Å². The number of hydrogen-bond donors (Lipinski definition) is 0. The third kappa shape index (κ3) is 2.97. The Labute approximate surface area is 139 Å². The van der Waals surface area contributed by atoms with Crippen LogP contribution in [-0.2, 0) is 0 Å². The Morgan fingerprint density at radius 3 is 2.67 bits per heavy atom. The summed E-state index contributed by atoms with van der Waals surface area (Å²) in [6.45, 7) is 0. The number of halogens is 1. The highest BCUT2D eigenvalue weighted by Crippen LogP contribution is 2.27. The number of para-hydroxylation sites is 1. The summed E-state index contributed by atoms with van der Waals surface area (Å²) in [5.41, 5.74) is -1.23. The minimum Gasteiger partial charge on any atom is -0.422 e. The van der Waals surface area contributed by atoms with Crippen molar-refractivity contribution in [2.45, 2.75) is 0 Å². The molecule has 8 heteroatoms. The molecule has 1 heterocycles. The molecule has 24 heavy (non-hydrogen) atoms. The van der Waals surface area contributed by atoms with E-state index in [0.717, 1.165) is 12.1 Å². The van der Waals surface area contributed by atoms with Crippen LogP contribution in [0.25, 0.3) is 11.0 Å². The lowest BCUT2D eigenvalue weighted by Gasteiger charge is -2.07. The van der Waals surface area contributed by atoms with Crippen molar-refractivity contribution in [3.63, 3.8) is 0 Å². The predicted octanol–water partition coefficient (Wildman–Crippen LogP) is 3.57. The molecule has 0 aliphatic carbocycles. The SMILES string of the molecule is O=C(Oc1cc(=O)oc2ccccc12)c1ccc(Cl)cc1[N+](=O)[O-]. The van der Waals surface area contributed by atoms with Crippen LogP contribution in [-0.4, -0.2) is 10.9 Å². The lowest BCUT2D eigenvalue weighted by atomic mass is 10.2. The second kappa shape index (κ2) is 6.13. The fourth-order valence-electron chi connectivity index (χ4n) is 2.15. The van der Waals surface area contributed by atoms with Crippen LogP contribution in [0.3, 0.4) is 0 Å². The monoisotopic (exact) mass is 345 g/mol. The van der Waals surface area contributed by atoms with E-state index in [-0.39, 0.29) is 21.9 Å². The summed E-state index contributed by atoms with van der Waals surface area (Å²) in [5.74, 6) is -1.02. The van der Waals surface area contributed by atoms with Gasteiger partial charge in [-0.1, -0.05) is 23.7 Å². The molecule has 0 saturated carbocycles. The van der Waals surface area contributed by atoms with E-state index in [2.05, 4.69) is 0 Å². The van der Waals surface area contributed by atoms with E-state index >= 15 is 0 Å². The van der Waals surface area contributed by atoms with Crippen LogP contribution in [0.2, 0.25) is 5.02 Å². The van der Waals surface area contributed by atoms with Gasteiger partial charge in [-0.3, -0.25) is 10.1 Å². The number of carbonyl (C=O) groups excluding carboxylic acids is 1. The maximum absolute atomic E-state index is 12.3. The van der Waals surface area contributed by atoms with E-state index < -0.39 is 22.2 Å². The fourth-order valence-corrected chi connectivity index (χ4v) is 2.32. The summed E-state index contributed by atoms with van der Waals surface area (Å²) in [5, 5.41) is 11.6. The van der Waals surface area contributed by atoms with Gasteiger partial charge in [-0.2, -0.15) is 0 Å². The fraction of sp³-hybridized carbons (Fsp3) is 0. The predicted molar refractivity (Wildman–Crippen MR) is 85.5 cm³/mol. The van der Waals surface area contributed by atoms with Gasteiger partial charge < -0.3 is 9.15 Å². The van der Waals surface area contributed by atoms with Crippen LogP contribution in [0.1, 0.15) is 10.4 Å². The molecule has 3 rings (SSSR count). The van der Waals surface area contributed by atoms with Crippen LogP contribution in [0.4, 0.5) is 5.69 Å². The number of hydrogen-bond acceptors (Lipinski definition) is 6. The standard InChI is InChI=1S/C16H8ClNO6/c17-9-5-6-10(12(7-9)18(21)22)16(20)24-14-8-15(19)23-13-4-2-1-3-11(13)14/h1-8H. The minimum atomic E-state index is -0.978. The van der Waals surface area contributed by atoms with Crippen LogP contribution >= 0.6 is 11.6 Å². The van der Waals surface area contributed by atoms with Crippen molar-refractivity contribution >= 4 is 34.2 Å². The van der Waals surface area contributed by atoms with E-state index in [9.17, 15) is 19.7 Å². The Hall–Kier alpha value is -3.19. The molecule has 0 N–H and O–H groups in total. The molecule has 1 aromatic heterocycles.